The van der Waals surface area contributed by atoms with Gasteiger partial charge in [-0.2, -0.15) is 0 Å². The third-order valence-electron chi connectivity index (χ3n) is 3.10. The summed E-state index contributed by atoms with van der Waals surface area (Å²) >= 11 is 11.4. The second-order valence-corrected chi connectivity index (χ2v) is 9.31. The van der Waals surface area contributed by atoms with Crippen LogP contribution in [0.2, 0.25) is 0 Å². The average molecular weight is 358 g/mol. The normalized spacial score (nSPS) is 25.7. The summed E-state index contributed by atoms with van der Waals surface area (Å²) in [4.78, 5) is 2.09. The average Bonchev–Trinajstić information content (AvgIpc) is 2.58. The van der Waals surface area contributed by atoms with Gasteiger partial charge in [-0.05, 0) is 41.8 Å². The zero-order chi connectivity index (χ0) is 12.6. The van der Waals surface area contributed by atoms with E-state index < -0.39 is 20.5 Å². The molecule has 17 heavy (non-hydrogen) atoms. The molecule has 0 spiro atoms. The first-order valence-corrected chi connectivity index (χ1v) is 9.29. The lowest BCUT2D eigenvalue weighted by atomic mass is 10.1. The summed E-state index contributed by atoms with van der Waals surface area (Å²) in [7, 11) is -3.02. The smallest absolute Gasteiger partial charge is 0.154 e. The van der Waals surface area contributed by atoms with E-state index in [1.807, 2.05) is 13.0 Å². The molecule has 0 bridgehead atoms. The first kappa shape index (κ1) is 13.8. The maximum Gasteiger partial charge on any atom is 0.154 e. The van der Waals surface area contributed by atoms with Gasteiger partial charge in [-0.15, -0.1) is 22.9 Å². The number of hydrogen-bond acceptors (Lipinski definition) is 3. The van der Waals surface area contributed by atoms with E-state index in [1.165, 1.54) is 0 Å². The van der Waals surface area contributed by atoms with Crippen LogP contribution < -0.4 is 0 Å². The van der Waals surface area contributed by atoms with Crippen molar-refractivity contribution in [3.63, 3.8) is 0 Å². The summed E-state index contributed by atoms with van der Waals surface area (Å²) in [5.74, 6) is 0.284. The van der Waals surface area contributed by atoms with Gasteiger partial charge < -0.3 is 0 Å². The molecule has 0 amide bonds. The van der Waals surface area contributed by atoms with E-state index in [1.54, 1.807) is 11.3 Å². The first-order chi connectivity index (χ1) is 7.92. The molecule has 1 fully saturated rings. The Labute approximate surface area is 119 Å². The maximum atomic E-state index is 12.0. The van der Waals surface area contributed by atoms with Crippen LogP contribution in [0, 0.1) is 6.92 Å². The molecule has 2 unspecified atom stereocenters. The highest BCUT2D eigenvalue weighted by atomic mass is 79.9. The molecule has 0 aromatic carbocycles. The minimum Gasteiger partial charge on any atom is -0.228 e. The van der Waals surface area contributed by atoms with Crippen molar-refractivity contribution in [2.45, 2.75) is 36.8 Å². The van der Waals surface area contributed by atoms with Crippen molar-refractivity contribution in [3.05, 3.63) is 20.3 Å². The monoisotopic (exact) mass is 356 g/mol. The van der Waals surface area contributed by atoms with Gasteiger partial charge in [0, 0.05) is 14.2 Å². The zero-order valence-corrected chi connectivity index (χ0v) is 13.4. The molecule has 1 saturated heterocycles. The highest BCUT2D eigenvalue weighted by Crippen LogP contribution is 2.40. The van der Waals surface area contributed by atoms with Crippen molar-refractivity contribution in [1.29, 1.82) is 0 Å². The Morgan fingerprint density at radius 1 is 1.53 bits per heavy atom. The van der Waals surface area contributed by atoms with Gasteiger partial charge in [0.15, 0.2) is 9.84 Å². The number of sulfone groups is 1. The van der Waals surface area contributed by atoms with Gasteiger partial charge in [0.25, 0.3) is 0 Å². The molecule has 6 heteroatoms. The van der Waals surface area contributed by atoms with E-state index in [4.69, 9.17) is 11.6 Å². The summed E-state index contributed by atoms with van der Waals surface area (Å²) in [6.07, 6.45) is 2.42. The van der Waals surface area contributed by atoms with Crippen molar-refractivity contribution in [2.75, 3.05) is 5.75 Å². The lowest BCUT2D eigenvalue weighted by molar-refractivity contribution is 0.535. The summed E-state index contributed by atoms with van der Waals surface area (Å²) in [5, 5.41) is -0.821. The lowest BCUT2D eigenvalue weighted by Gasteiger charge is -2.25. The Kier molecular flexibility index (Phi) is 4.23. The van der Waals surface area contributed by atoms with E-state index >= 15 is 0 Å². The predicted molar refractivity (Wildman–Crippen MR) is 76.8 cm³/mol. The molecule has 2 nitrogen and oxygen atoms in total. The van der Waals surface area contributed by atoms with Crippen molar-refractivity contribution < 1.29 is 8.42 Å². The third kappa shape index (κ3) is 2.88. The van der Waals surface area contributed by atoms with Gasteiger partial charge in [-0.25, -0.2) is 8.42 Å². The third-order valence-corrected chi connectivity index (χ3v) is 8.43. The van der Waals surface area contributed by atoms with Crippen molar-refractivity contribution in [2.24, 2.45) is 0 Å². The Hall–Kier alpha value is 0.420. The fourth-order valence-electron chi connectivity index (χ4n) is 2.11. The number of halogens is 2. The fraction of sp³-hybridized carbons (Fsp3) is 0.636. The van der Waals surface area contributed by atoms with Gasteiger partial charge in [0.1, 0.15) is 0 Å². The molecular weight excluding hydrogens is 344 g/mol. The van der Waals surface area contributed by atoms with E-state index in [9.17, 15) is 8.42 Å². The Morgan fingerprint density at radius 2 is 2.24 bits per heavy atom. The Morgan fingerprint density at radius 3 is 2.76 bits per heavy atom. The second kappa shape index (κ2) is 5.19. The minimum absolute atomic E-state index is 0.284. The second-order valence-electron chi connectivity index (χ2n) is 4.36. The Balaban J connectivity index is 2.27. The van der Waals surface area contributed by atoms with E-state index in [2.05, 4.69) is 15.9 Å². The highest BCUT2D eigenvalue weighted by molar-refractivity contribution is 9.10. The topological polar surface area (TPSA) is 34.1 Å². The molecule has 0 saturated carbocycles. The standard InChI is InChI=1S/C11H14BrClO2S2/c1-7-8(12)6-9(16-7)11(13)10-4-2-3-5-17(10,14)15/h6,10-11H,2-5H2,1H3. The number of rotatable bonds is 2. The van der Waals surface area contributed by atoms with Crippen LogP contribution in [0.3, 0.4) is 0 Å². The molecule has 0 N–H and O–H groups in total. The molecular formula is C11H14BrClO2S2. The van der Waals surface area contributed by atoms with Gasteiger partial charge in [0.05, 0.1) is 16.4 Å². The summed E-state index contributed by atoms with van der Waals surface area (Å²) in [6, 6.07) is 1.95. The number of aryl methyl sites for hydroxylation is 1. The summed E-state index contributed by atoms with van der Waals surface area (Å²) in [6.45, 7) is 2.00. The zero-order valence-electron chi connectivity index (χ0n) is 9.45. The van der Waals surface area contributed by atoms with E-state index in [0.717, 1.165) is 27.1 Å². The molecule has 2 atom stereocenters. The molecule has 96 valence electrons. The van der Waals surface area contributed by atoms with E-state index in [0.29, 0.717) is 6.42 Å². The lowest BCUT2D eigenvalue weighted by Crippen LogP contribution is -2.31. The van der Waals surface area contributed by atoms with Crippen molar-refractivity contribution in [3.8, 4) is 0 Å². The molecule has 1 aromatic heterocycles. The van der Waals surface area contributed by atoms with Gasteiger partial charge >= 0.3 is 0 Å². The Bertz CT molecular complexity index is 490. The van der Waals surface area contributed by atoms with Gasteiger partial charge in [-0.3, -0.25) is 0 Å². The molecule has 2 rings (SSSR count). The summed E-state index contributed by atoms with van der Waals surface area (Å²) < 4.78 is 25.0. The van der Waals surface area contributed by atoms with Crippen LogP contribution in [0.4, 0.5) is 0 Å². The van der Waals surface area contributed by atoms with Crippen LogP contribution in [0.25, 0.3) is 0 Å². The molecule has 1 aliphatic heterocycles. The van der Waals surface area contributed by atoms with Crippen LogP contribution in [0.1, 0.15) is 34.4 Å². The molecule has 1 aliphatic rings. The van der Waals surface area contributed by atoms with Crippen LogP contribution in [0.5, 0.6) is 0 Å². The highest BCUT2D eigenvalue weighted by Gasteiger charge is 2.36. The predicted octanol–water partition coefficient (Wildman–Crippen LogP) is 4.07. The molecule has 0 radical (unpaired) electrons. The largest absolute Gasteiger partial charge is 0.228 e. The maximum absolute atomic E-state index is 12.0. The summed E-state index contributed by atoms with van der Waals surface area (Å²) in [5.41, 5.74) is 0. The minimum atomic E-state index is -3.02. The van der Waals surface area contributed by atoms with Crippen LogP contribution in [-0.4, -0.2) is 19.4 Å². The van der Waals surface area contributed by atoms with Gasteiger partial charge in [0.2, 0.25) is 0 Å². The quantitative estimate of drug-likeness (QED) is 0.748. The van der Waals surface area contributed by atoms with Crippen molar-refractivity contribution >= 4 is 48.7 Å². The number of thiophene rings is 1. The fourth-order valence-corrected chi connectivity index (χ4v) is 6.54. The van der Waals surface area contributed by atoms with Crippen LogP contribution in [0.15, 0.2) is 10.5 Å². The van der Waals surface area contributed by atoms with Crippen LogP contribution in [-0.2, 0) is 9.84 Å². The van der Waals surface area contributed by atoms with Gasteiger partial charge in [-0.1, -0.05) is 6.42 Å². The van der Waals surface area contributed by atoms with E-state index in [-0.39, 0.29) is 5.75 Å². The SMILES string of the molecule is Cc1sc(C(Cl)C2CCCCS2(=O)=O)cc1Br. The number of hydrogen-bond donors (Lipinski definition) is 0. The molecule has 1 aromatic rings. The van der Waals surface area contributed by atoms with Crippen LogP contribution >= 0.6 is 38.9 Å². The number of alkyl halides is 1. The molecule has 2 heterocycles. The van der Waals surface area contributed by atoms with Crippen molar-refractivity contribution in [1.82, 2.24) is 0 Å². The first-order valence-electron chi connectivity index (χ1n) is 5.53. The molecule has 0 aliphatic carbocycles.